The highest BCUT2D eigenvalue weighted by molar-refractivity contribution is 5.80. The van der Waals surface area contributed by atoms with Gasteiger partial charge in [-0.3, -0.25) is 4.79 Å². The van der Waals surface area contributed by atoms with E-state index in [1.165, 1.54) is 6.07 Å². The molecule has 0 aliphatic heterocycles. The summed E-state index contributed by atoms with van der Waals surface area (Å²) in [6.45, 7) is 3.50. The normalized spacial score (nSPS) is 13.8. The third-order valence-corrected chi connectivity index (χ3v) is 2.52. The minimum atomic E-state index is -1.70. The first kappa shape index (κ1) is 14.3. The second-order valence-corrected chi connectivity index (χ2v) is 3.89. The van der Waals surface area contributed by atoms with E-state index in [9.17, 15) is 19.8 Å². The molecule has 0 saturated carbocycles. The molecule has 0 amide bonds. The average Bonchev–Trinajstić information content (AvgIpc) is 2.37. The van der Waals surface area contributed by atoms with E-state index >= 15 is 0 Å². The molecule has 2 N–H and O–H groups in total. The lowest BCUT2D eigenvalue weighted by atomic mass is 9.97. The number of carbonyl (C=O) groups is 2. The van der Waals surface area contributed by atoms with Gasteiger partial charge in [0.25, 0.3) is 0 Å². The highest BCUT2D eigenvalue weighted by Crippen LogP contribution is 2.22. The van der Waals surface area contributed by atoms with Gasteiger partial charge < -0.3 is 14.9 Å². The maximum Gasteiger partial charge on any atom is 0.338 e. The zero-order valence-electron chi connectivity index (χ0n) is 10.3. The van der Waals surface area contributed by atoms with Crippen molar-refractivity contribution in [1.29, 1.82) is 0 Å². The Morgan fingerprint density at radius 1 is 1.44 bits per heavy atom. The van der Waals surface area contributed by atoms with Crippen LogP contribution in [0, 0.1) is 6.92 Å². The molecule has 0 heterocycles. The number of ether oxygens (including phenoxy) is 1. The molecule has 5 heteroatoms. The Balaban J connectivity index is 2.99. The number of aryl methyl sites for hydroxylation is 1. The summed E-state index contributed by atoms with van der Waals surface area (Å²) < 4.78 is 4.61. The van der Waals surface area contributed by atoms with Gasteiger partial charge in [0.2, 0.25) is 0 Å². The predicted octanol–water partition coefficient (Wildman–Crippen LogP) is 0.765. The number of esters is 1. The first-order chi connectivity index (χ1) is 8.51. The second kappa shape index (κ2) is 6.28. The lowest BCUT2D eigenvalue weighted by Gasteiger charge is -2.18. The lowest BCUT2D eigenvalue weighted by Crippen LogP contribution is -2.30. The molecule has 0 spiro atoms. The van der Waals surface area contributed by atoms with Gasteiger partial charge in [0, 0.05) is 5.56 Å². The number of aliphatic hydroxyl groups is 2. The molecule has 0 bridgehead atoms. The molecule has 1 aromatic rings. The van der Waals surface area contributed by atoms with Gasteiger partial charge in [-0.2, -0.15) is 0 Å². The van der Waals surface area contributed by atoms with Crippen molar-refractivity contribution in [3.63, 3.8) is 0 Å². The first-order valence-corrected chi connectivity index (χ1v) is 5.59. The van der Waals surface area contributed by atoms with Crippen molar-refractivity contribution in [3.05, 3.63) is 34.9 Å². The Labute approximate surface area is 105 Å². The molecule has 5 nitrogen and oxygen atoms in total. The summed E-state index contributed by atoms with van der Waals surface area (Å²) in [5, 5.41) is 19.5. The van der Waals surface area contributed by atoms with Crippen molar-refractivity contribution < 1.29 is 24.5 Å². The molecule has 0 fully saturated rings. The molecule has 0 aliphatic rings. The molecule has 1 rings (SSSR count). The molecule has 0 aliphatic carbocycles. The maximum absolute atomic E-state index is 11.3. The smallest absolute Gasteiger partial charge is 0.338 e. The van der Waals surface area contributed by atoms with Crippen LogP contribution in [0.3, 0.4) is 0 Å². The first-order valence-electron chi connectivity index (χ1n) is 5.59. The van der Waals surface area contributed by atoms with E-state index in [1.54, 1.807) is 26.0 Å². The summed E-state index contributed by atoms with van der Waals surface area (Å²) in [7, 11) is 0. The fourth-order valence-electron chi connectivity index (χ4n) is 1.59. The van der Waals surface area contributed by atoms with Crippen LogP contribution in [0.5, 0.6) is 0 Å². The number of hydrogen-bond donors (Lipinski definition) is 2. The number of carbonyl (C=O) groups excluding carboxylic acids is 2. The van der Waals surface area contributed by atoms with E-state index in [0.29, 0.717) is 6.29 Å². The third kappa shape index (κ3) is 3.15. The molecule has 2 atom stereocenters. The topological polar surface area (TPSA) is 83.8 Å². The van der Waals surface area contributed by atoms with Crippen LogP contribution in [0.2, 0.25) is 0 Å². The van der Waals surface area contributed by atoms with Crippen molar-refractivity contribution in [2.24, 2.45) is 0 Å². The number of aliphatic hydroxyl groups excluding tert-OH is 2. The van der Waals surface area contributed by atoms with Crippen molar-refractivity contribution in [2.75, 3.05) is 6.61 Å². The van der Waals surface area contributed by atoms with E-state index < -0.39 is 18.2 Å². The summed E-state index contributed by atoms with van der Waals surface area (Å²) in [5.74, 6) is -0.914. The Morgan fingerprint density at radius 3 is 2.67 bits per heavy atom. The summed E-state index contributed by atoms with van der Waals surface area (Å²) in [6.07, 6.45) is -2.61. The minimum Gasteiger partial charge on any atom is -0.464 e. The van der Waals surface area contributed by atoms with E-state index in [0.717, 1.165) is 5.56 Å². The quantitative estimate of drug-likeness (QED) is 0.597. The third-order valence-electron chi connectivity index (χ3n) is 2.52. The molecule has 0 aromatic heterocycles. The predicted molar refractivity (Wildman–Crippen MR) is 64.2 cm³/mol. The average molecular weight is 252 g/mol. The SMILES string of the molecule is CCOC(=O)C(O)C(O)c1ccc(C)cc1C=O. The highest BCUT2D eigenvalue weighted by atomic mass is 16.5. The van der Waals surface area contributed by atoms with Gasteiger partial charge in [-0.15, -0.1) is 0 Å². The van der Waals surface area contributed by atoms with Crippen LogP contribution in [0.4, 0.5) is 0 Å². The van der Waals surface area contributed by atoms with Gasteiger partial charge in [0.1, 0.15) is 12.4 Å². The summed E-state index contributed by atoms with van der Waals surface area (Å²) in [5.41, 5.74) is 1.29. The van der Waals surface area contributed by atoms with Crippen LogP contribution in [0.25, 0.3) is 0 Å². The lowest BCUT2D eigenvalue weighted by molar-refractivity contribution is -0.159. The zero-order valence-corrected chi connectivity index (χ0v) is 10.3. The van der Waals surface area contributed by atoms with Crippen LogP contribution < -0.4 is 0 Å². The monoisotopic (exact) mass is 252 g/mol. The highest BCUT2D eigenvalue weighted by Gasteiger charge is 2.28. The standard InChI is InChI=1S/C13H16O5/c1-3-18-13(17)12(16)11(15)10-5-4-8(2)6-9(10)7-14/h4-7,11-12,15-16H,3H2,1-2H3. The largest absolute Gasteiger partial charge is 0.464 e. The molecule has 98 valence electrons. The van der Waals surface area contributed by atoms with Crippen LogP contribution in [-0.2, 0) is 9.53 Å². The van der Waals surface area contributed by atoms with Crippen LogP contribution >= 0.6 is 0 Å². The Morgan fingerprint density at radius 2 is 2.11 bits per heavy atom. The van der Waals surface area contributed by atoms with E-state index in [1.807, 2.05) is 0 Å². The fourth-order valence-corrected chi connectivity index (χ4v) is 1.59. The fraction of sp³-hybridized carbons (Fsp3) is 0.385. The van der Waals surface area contributed by atoms with Gasteiger partial charge >= 0.3 is 5.97 Å². The Hall–Kier alpha value is -1.72. The molecule has 1 aromatic carbocycles. The summed E-state index contributed by atoms with van der Waals surface area (Å²) in [4.78, 5) is 22.2. The molecule has 18 heavy (non-hydrogen) atoms. The minimum absolute atomic E-state index is 0.108. The molecular weight excluding hydrogens is 236 g/mol. The number of aldehydes is 1. The van der Waals surface area contributed by atoms with Crippen molar-refractivity contribution in [2.45, 2.75) is 26.1 Å². The van der Waals surface area contributed by atoms with E-state index in [2.05, 4.69) is 4.74 Å². The number of rotatable bonds is 5. The van der Waals surface area contributed by atoms with Crippen molar-refractivity contribution >= 4 is 12.3 Å². The molecule has 0 saturated heterocycles. The summed E-state index contributed by atoms with van der Waals surface area (Å²) in [6, 6.07) is 4.76. The molecule has 0 radical (unpaired) electrons. The van der Waals surface area contributed by atoms with E-state index in [4.69, 9.17) is 0 Å². The van der Waals surface area contributed by atoms with Gasteiger partial charge in [0.15, 0.2) is 6.10 Å². The van der Waals surface area contributed by atoms with E-state index in [-0.39, 0.29) is 17.7 Å². The number of benzene rings is 1. The summed E-state index contributed by atoms with van der Waals surface area (Å²) >= 11 is 0. The number of hydrogen-bond acceptors (Lipinski definition) is 5. The molecular formula is C13H16O5. The van der Waals surface area contributed by atoms with Crippen molar-refractivity contribution in [3.8, 4) is 0 Å². The van der Waals surface area contributed by atoms with Crippen LogP contribution in [0.1, 0.15) is 34.5 Å². The van der Waals surface area contributed by atoms with Gasteiger partial charge in [0.05, 0.1) is 6.61 Å². The van der Waals surface area contributed by atoms with Gasteiger partial charge in [-0.05, 0) is 25.5 Å². The molecule has 2 unspecified atom stereocenters. The Kier molecular flexibility index (Phi) is 5.00. The zero-order chi connectivity index (χ0) is 13.7. The van der Waals surface area contributed by atoms with Crippen molar-refractivity contribution in [1.82, 2.24) is 0 Å². The van der Waals surface area contributed by atoms with Crippen LogP contribution in [-0.4, -0.2) is 35.2 Å². The van der Waals surface area contributed by atoms with Gasteiger partial charge in [-0.25, -0.2) is 4.79 Å². The van der Waals surface area contributed by atoms with Crippen LogP contribution in [0.15, 0.2) is 18.2 Å². The maximum atomic E-state index is 11.3. The second-order valence-electron chi connectivity index (χ2n) is 3.89. The van der Waals surface area contributed by atoms with Gasteiger partial charge in [-0.1, -0.05) is 17.7 Å². The Bertz CT molecular complexity index is 441.